The topological polar surface area (TPSA) is 68.0 Å². The SMILES string of the molecule is O=C(O)c1ccc(-n2cc(-c3ccccc3F)nn2)cc1. The third-order valence-corrected chi connectivity index (χ3v) is 3.02. The van der Waals surface area contributed by atoms with Gasteiger partial charge in [-0.3, -0.25) is 0 Å². The van der Waals surface area contributed by atoms with Crippen LogP contribution in [0.3, 0.4) is 0 Å². The van der Waals surface area contributed by atoms with Gasteiger partial charge in [-0.1, -0.05) is 17.3 Å². The van der Waals surface area contributed by atoms with E-state index >= 15 is 0 Å². The zero-order valence-corrected chi connectivity index (χ0v) is 10.8. The quantitative estimate of drug-likeness (QED) is 0.802. The number of halogens is 1. The number of hydrogen-bond donors (Lipinski definition) is 1. The number of aromatic nitrogens is 3. The lowest BCUT2D eigenvalue weighted by Crippen LogP contribution is -1.98. The van der Waals surface area contributed by atoms with Crippen molar-refractivity contribution in [2.24, 2.45) is 0 Å². The molecule has 5 nitrogen and oxygen atoms in total. The highest BCUT2D eigenvalue weighted by Crippen LogP contribution is 2.20. The number of hydrogen-bond acceptors (Lipinski definition) is 3. The molecule has 0 unspecified atom stereocenters. The average molecular weight is 283 g/mol. The number of carboxylic acid groups (broad SMARTS) is 1. The molecule has 0 atom stereocenters. The van der Waals surface area contributed by atoms with Crippen LogP contribution < -0.4 is 0 Å². The van der Waals surface area contributed by atoms with E-state index in [0.717, 1.165) is 0 Å². The molecule has 0 amide bonds. The van der Waals surface area contributed by atoms with Crippen LogP contribution in [-0.2, 0) is 0 Å². The van der Waals surface area contributed by atoms with Crippen LogP contribution in [0.25, 0.3) is 16.9 Å². The van der Waals surface area contributed by atoms with Gasteiger partial charge in [0.25, 0.3) is 0 Å². The molecule has 0 bridgehead atoms. The molecule has 2 aromatic carbocycles. The van der Waals surface area contributed by atoms with Crippen molar-refractivity contribution in [3.63, 3.8) is 0 Å². The predicted octanol–water partition coefficient (Wildman–Crippen LogP) is 2.77. The molecule has 0 fully saturated rings. The molecule has 0 aliphatic carbocycles. The van der Waals surface area contributed by atoms with Crippen LogP contribution in [0.1, 0.15) is 10.4 Å². The maximum Gasteiger partial charge on any atom is 0.335 e. The van der Waals surface area contributed by atoms with Crippen LogP contribution in [0.4, 0.5) is 4.39 Å². The first-order valence-electron chi connectivity index (χ1n) is 6.16. The Balaban J connectivity index is 1.95. The summed E-state index contributed by atoms with van der Waals surface area (Å²) < 4.78 is 15.2. The lowest BCUT2D eigenvalue weighted by atomic mass is 10.1. The highest BCUT2D eigenvalue weighted by molar-refractivity contribution is 5.87. The molecule has 6 heteroatoms. The first kappa shape index (κ1) is 13.0. The Kier molecular flexibility index (Phi) is 3.19. The summed E-state index contributed by atoms with van der Waals surface area (Å²) in [6.45, 7) is 0. The molecular weight excluding hydrogens is 273 g/mol. The zero-order chi connectivity index (χ0) is 14.8. The van der Waals surface area contributed by atoms with Gasteiger partial charge in [0.1, 0.15) is 11.5 Å². The largest absolute Gasteiger partial charge is 0.478 e. The van der Waals surface area contributed by atoms with Gasteiger partial charge in [0, 0.05) is 5.56 Å². The summed E-state index contributed by atoms with van der Waals surface area (Å²) in [5.74, 6) is -1.36. The number of rotatable bonds is 3. The molecule has 0 spiro atoms. The summed E-state index contributed by atoms with van der Waals surface area (Å²) in [6, 6.07) is 12.5. The van der Waals surface area contributed by atoms with Gasteiger partial charge in [-0.05, 0) is 36.4 Å². The van der Waals surface area contributed by atoms with Crippen LogP contribution in [-0.4, -0.2) is 26.1 Å². The molecule has 0 saturated heterocycles. The van der Waals surface area contributed by atoms with Gasteiger partial charge in [-0.2, -0.15) is 0 Å². The molecule has 3 rings (SSSR count). The van der Waals surface area contributed by atoms with Crippen molar-refractivity contribution in [2.75, 3.05) is 0 Å². The monoisotopic (exact) mass is 283 g/mol. The molecule has 21 heavy (non-hydrogen) atoms. The Morgan fingerprint density at radius 2 is 1.81 bits per heavy atom. The summed E-state index contributed by atoms with van der Waals surface area (Å²) in [6.07, 6.45) is 1.59. The van der Waals surface area contributed by atoms with Gasteiger partial charge in [0.05, 0.1) is 17.4 Å². The Morgan fingerprint density at radius 3 is 2.48 bits per heavy atom. The fourth-order valence-corrected chi connectivity index (χ4v) is 1.94. The summed E-state index contributed by atoms with van der Waals surface area (Å²) in [5, 5.41) is 16.7. The van der Waals surface area contributed by atoms with Gasteiger partial charge in [-0.15, -0.1) is 5.10 Å². The van der Waals surface area contributed by atoms with E-state index in [0.29, 0.717) is 16.9 Å². The van der Waals surface area contributed by atoms with Crippen molar-refractivity contribution >= 4 is 5.97 Å². The van der Waals surface area contributed by atoms with Gasteiger partial charge in [0.2, 0.25) is 0 Å². The fourth-order valence-electron chi connectivity index (χ4n) is 1.94. The van der Waals surface area contributed by atoms with Crippen molar-refractivity contribution in [2.45, 2.75) is 0 Å². The molecule has 1 aromatic heterocycles. The lowest BCUT2D eigenvalue weighted by molar-refractivity contribution is 0.0697. The molecule has 0 saturated carbocycles. The van der Waals surface area contributed by atoms with E-state index in [9.17, 15) is 9.18 Å². The van der Waals surface area contributed by atoms with E-state index < -0.39 is 5.97 Å². The van der Waals surface area contributed by atoms with E-state index in [1.165, 1.54) is 22.9 Å². The number of carboxylic acids is 1. The molecule has 1 N–H and O–H groups in total. The van der Waals surface area contributed by atoms with Crippen molar-refractivity contribution in [3.05, 3.63) is 66.1 Å². The molecule has 3 aromatic rings. The second kappa shape index (κ2) is 5.16. The minimum absolute atomic E-state index is 0.188. The fraction of sp³-hybridized carbons (Fsp3) is 0. The third-order valence-electron chi connectivity index (χ3n) is 3.02. The second-order valence-corrected chi connectivity index (χ2v) is 4.38. The number of aromatic carboxylic acids is 1. The number of nitrogens with zero attached hydrogens (tertiary/aromatic N) is 3. The Hall–Kier alpha value is -3.02. The normalized spacial score (nSPS) is 10.5. The summed E-state index contributed by atoms with van der Waals surface area (Å²) in [7, 11) is 0. The van der Waals surface area contributed by atoms with Gasteiger partial charge >= 0.3 is 5.97 Å². The minimum atomic E-state index is -0.993. The Morgan fingerprint density at radius 1 is 1.10 bits per heavy atom. The smallest absolute Gasteiger partial charge is 0.335 e. The number of carbonyl (C=O) groups is 1. The number of benzene rings is 2. The average Bonchev–Trinajstić information content (AvgIpc) is 2.97. The van der Waals surface area contributed by atoms with E-state index in [4.69, 9.17) is 5.11 Å². The zero-order valence-electron chi connectivity index (χ0n) is 10.8. The summed E-state index contributed by atoms with van der Waals surface area (Å²) >= 11 is 0. The van der Waals surface area contributed by atoms with Crippen LogP contribution in [0.2, 0.25) is 0 Å². The second-order valence-electron chi connectivity index (χ2n) is 4.38. The Bertz CT molecular complexity index is 797. The van der Waals surface area contributed by atoms with Crippen molar-refractivity contribution < 1.29 is 14.3 Å². The molecule has 104 valence electrons. The van der Waals surface area contributed by atoms with Crippen LogP contribution >= 0.6 is 0 Å². The first-order valence-corrected chi connectivity index (χ1v) is 6.16. The lowest BCUT2D eigenvalue weighted by Gasteiger charge is -2.00. The van der Waals surface area contributed by atoms with Crippen molar-refractivity contribution in [3.8, 4) is 16.9 Å². The van der Waals surface area contributed by atoms with Gasteiger partial charge < -0.3 is 5.11 Å². The summed E-state index contributed by atoms with van der Waals surface area (Å²) in [4.78, 5) is 10.8. The van der Waals surface area contributed by atoms with E-state index in [2.05, 4.69) is 10.3 Å². The maximum absolute atomic E-state index is 13.7. The summed E-state index contributed by atoms with van der Waals surface area (Å²) in [5.41, 5.74) is 1.62. The Labute approximate surface area is 119 Å². The molecule has 0 aliphatic rings. The van der Waals surface area contributed by atoms with E-state index in [1.807, 2.05) is 0 Å². The highest BCUT2D eigenvalue weighted by Gasteiger charge is 2.10. The molecule has 1 heterocycles. The maximum atomic E-state index is 13.7. The molecule has 0 radical (unpaired) electrons. The third kappa shape index (κ3) is 2.51. The van der Waals surface area contributed by atoms with Crippen LogP contribution in [0.5, 0.6) is 0 Å². The predicted molar refractivity (Wildman–Crippen MR) is 73.7 cm³/mol. The molecule has 0 aliphatic heterocycles. The van der Waals surface area contributed by atoms with E-state index in [-0.39, 0.29) is 11.4 Å². The first-order chi connectivity index (χ1) is 10.1. The minimum Gasteiger partial charge on any atom is -0.478 e. The standard InChI is InChI=1S/C15H10FN3O2/c16-13-4-2-1-3-12(13)14-9-19(18-17-14)11-7-5-10(6-8-11)15(20)21/h1-9H,(H,20,21). The van der Waals surface area contributed by atoms with Crippen LogP contribution in [0.15, 0.2) is 54.7 Å². The van der Waals surface area contributed by atoms with E-state index in [1.54, 1.807) is 36.5 Å². The highest BCUT2D eigenvalue weighted by atomic mass is 19.1. The van der Waals surface area contributed by atoms with Crippen molar-refractivity contribution in [1.82, 2.24) is 15.0 Å². The molecular formula is C15H10FN3O2. The van der Waals surface area contributed by atoms with Crippen molar-refractivity contribution in [1.29, 1.82) is 0 Å². The van der Waals surface area contributed by atoms with Gasteiger partial charge in [0.15, 0.2) is 0 Å². The van der Waals surface area contributed by atoms with Gasteiger partial charge in [-0.25, -0.2) is 13.9 Å². The van der Waals surface area contributed by atoms with Crippen LogP contribution in [0, 0.1) is 5.82 Å².